The molecule has 0 saturated carbocycles. The van der Waals surface area contributed by atoms with Crippen molar-refractivity contribution in [2.75, 3.05) is 13.6 Å². The van der Waals surface area contributed by atoms with Gasteiger partial charge in [0.25, 0.3) is 0 Å². The second-order valence-corrected chi connectivity index (χ2v) is 5.37. The Morgan fingerprint density at radius 3 is 2.30 bits per heavy atom. The van der Waals surface area contributed by atoms with Crippen molar-refractivity contribution in [1.82, 2.24) is 4.90 Å². The van der Waals surface area contributed by atoms with Crippen molar-refractivity contribution in [3.8, 4) is 0 Å². The highest BCUT2D eigenvalue weighted by atomic mass is 35.5. The normalized spacial score (nSPS) is 12.4. The fourth-order valence-electron chi connectivity index (χ4n) is 2.07. The summed E-state index contributed by atoms with van der Waals surface area (Å²) in [5, 5.41) is 0.726. The standard InChI is InChI=1S/C17H18ClNO/c1-13(14-8-10-16(18)11-9-14)19(2)12-17(20)15-6-4-3-5-7-15/h3-11,13H,12H2,1-2H3. The van der Waals surface area contributed by atoms with Crippen LogP contribution in [0.5, 0.6) is 0 Å². The zero-order valence-electron chi connectivity index (χ0n) is 11.7. The molecule has 0 radical (unpaired) electrons. The Balaban J connectivity index is 2.02. The van der Waals surface area contributed by atoms with Crippen molar-refractivity contribution in [2.45, 2.75) is 13.0 Å². The van der Waals surface area contributed by atoms with Gasteiger partial charge in [0, 0.05) is 16.6 Å². The van der Waals surface area contributed by atoms with Crippen LogP contribution in [0.4, 0.5) is 0 Å². The average molecular weight is 288 g/mol. The fraction of sp³-hybridized carbons (Fsp3) is 0.235. The summed E-state index contributed by atoms with van der Waals surface area (Å²) in [4.78, 5) is 14.2. The number of halogens is 1. The Kier molecular flexibility index (Phi) is 4.94. The van der Waals surface area contributed by atoms with Crippen LogP contribution < -0.4 is 0 Å². The highest BCUT2D eigenvalue weighted by Crippen LogP contribution is 2.21. The maximum absolute atomic E-state index is 12.2. The topological polar surface area (TPSA) is 20.3 Å². The number of Topliss-reactive ketones (excluding diaryl/α,β-unsaturated/α-hetero) is 1. The van der Waals surface area contributed by atoms with Gasteiger partial charge in [-0.05, 0) is 31.7 Å². The molecule has 0 bridgehead atoms. The number of hydrogen-bond donors (Lipinski definition) is 0. The Labute approximate surface area is 125 Å². The van der Waals surface area contributed by atoms with Gasteiger partial charge in [-0.25, -0.2) is 0 Å². The molecule has 0 spiro atoms. The number of rotatable bonds is 5. The van der Waals surface area contributed by atoms with Crippen LogP contribution in [0, 0.1) is 0 Å². The van der Waals surface area contributed by atoms with E-state index in [0.29, 0.717) is 6.54 Å². The molecule has 0 aromatic heterocycles. The van der Waals surface area contributed by atoms with Gasteiger partial charge in [-0.2, -0.15) is 0 Å². The van der Waals surface area contributed by atoms with E-state index in [0.717, 1.165) is 16.1 Å². The van der Waals surface area contributed by atoms with Crippen molar-refractivity contribution in [3.05, 3.63) is 70.7 Å². The Bertz CT molecular complexity index is 565. The molecule has 1 unspecified atom stereocenters. The maximum atomic E-state index is 12.2. The number of carbonyl (C=O) groups is 1. The van der Waals surface area contributed by atoms with Gasteiger partial charge in [-0.1, -0.05) is 54.1 Å². The molecular weight excluding hydrogens is 270 g/mol. The van der Waals surface area contributed by atoms with E-state index in [2.05, 4.69) is 6.92 Å². The lowest BCUT2D eigenvalue weighted by Gasteiger charge is -2.24. The molecule has 2 aromatic carbocycles. The molecular formula is C17H18ClNO. The summed E-state index contributed by atoms with van der Waals surface area (Å²) < 4.78 is 0. The maximum Gasteiger partial charge on any atom is 0.176 e. The van der Waals surface area contributed by atoms with E-state index in [1.807, 2.05) is 66.5 Å². The molecule has 0 aliphatic carbocycles. The summed E-state index contributed by atoms with van der Waals surface area (Å²) in [6, 6.07) is 17.3. The second kappa shape index (κ2) is 6.69. The van der Waals surface area contributed by atoms with E-state index in [4.69, 9.17) is 11.6 Å². The monoisotopic (exact) mass is 287 g/mol. The lowest BCUT2D eigenvalue weighted by Crippen LogP contribution is -2.28. The molecule has 2 aromatic rings. The molecule has 0 N–H and O–H groups in total. The molecule has 0 saturated heterocycles. The van der Waals surface area contributed by atoms with E-state index in [1.165, 1.54) is 0 Å². The summed E-state index contributed by atoms with van der Waals surface area (Å²) >= 11 is 5.89. The van der Waals surface area contributed by atoms with Crippen LogP contribution in [0.2, 0.25) is 5.02 Å². The lowest BCUT2D eigenvalue weighted by molar-refractivity contribution is 0.0925. The highest BCUT2D eigenvalue weighted by Gasteiger charge is 2.15. The smallest absolute Gasteiger partial charge is 0.176 e. The SMILES string of the molecule is CC(c1ccc(Cl)cc1)N(C)CC(=O)c1ccccc1. The van der Waals surface area contributed by atoms with Crippen molar-refractivity contribution >= 4 is 17.4 Å². The predicted molar refractivity (Wildman–Crippen MR) is 83.3 cm³/mol. The predicted octanol–water partition coefficient (Wildman–Crippen LogP) is 4.22. The molecule has 1 atom stereocenters. The van der Waals surface area contributed by atoms with Crippen LogP contribution in [0.25, 0.3) is 0 Å². The summed E-state index contributed by atoms with van der Waals surface area (Å²) in [5.74, 6) is 0.133. The molecule has 3 heteroatoms. The molecule has 20 heavy (non-hydrogen) atoms. The minimum Gasteiger partial charge on any atom is -0.293 e. The van der Waals surface area contributed by atoms with Gasteiger partial charge in [-0.15, -0.1) is 0 Å². The average Bonchev–Trinajstić information content (AvgIpc) is 2.48. The van der Waals surface area contributed by atoms with Gasteiger partial charge in [0.2, 0.25) is 0 Å². The first-order chi connectivity index (χ1) is 9.58. The van der Waals surface area contributed by atoms with Gasteiger partial charge in [0.15, 0.2) is 5.78 Å². The van der Waals surface area contributed by atoms with Gasteiger partial charge in [0.05, 0.1) is 6.54 Å². The largest absolute Gasteiger partial charge is 0.293 e. The number of benzene rings is 2. The van der Waals surface area contributed by atoms with Crippen LogP contribution in [0.3, 0.4) is 0 Å². The van der Waals surface area contributed by atoms with Gasteiger partial charge in [-0.3, -0.25) is 9.69 Å². The molecule has 2 rings (SSSR count). The first kappa shape index (κ1) is 14.8. The van der Waals surface area contributed by atoms with Crippen LogP contribution in [0.15, 0.2) is 54.6 Å². The van der Waals surface area contributed by atoms with Crippen molar-refractivity contribution in [1.29, 1.82) is 0 Å². The lowest BCUT2D eigenvalue weighted by atomic mass is 10.1. The number of carbonyl (C=O) groups excluding carboxylic acids is 1. The third-order valence-electron chi connectivity index (χ3n) is 3.50. The third-order valence-corrected chi connectivity index (χ3v) is 3.75. The number of likely N-dealkylation sites (N-methyl/N-ethyl adjacent to an activating group) is 1. The van der Waals surface area contributed by atoms with E-state index < -0.39 is 0 Å². The Morgan fingerprint density at radius 2 is 1.70 bits per heavy atom. The summed E-state index contributed by atoms with van der Waals surface area (Å²) in [6.07, 6.45) is 0. The molecule has 0 fully saturated rings. The molecule has 0 heterocycles. The number of nitrogens with zero attached hydrogens (tertiary/aromatic N) is 1. The summed E-state index contributed by atoms with van der Waals surface area (Å²) in [5.41, 5.74) is 1.90. The van der Waals surface area contributed by atoms with E-state index in [9.17, 15) is 4.79 Å². The van der Waals surface area contributed by atoms with Crippen LogP contribution in [-0.2, 0) is 0 Å². The summed E-state index contributed by atoms with van der Waals surface area (Å²) in [6.45, 7) is 2.48. The van der Waals surface area contributed by atoms with Gasteiger partial charge in [0.1, 0.15) is 0 Å². The van der Waals surface area contributed by atoms with Crippen molar-refractivity contribution < 1.29 is 4.79 Å². The molecule has 0 aliphatic rings. The molecule has 104 valence electrons. The first-order valence-corrected chi connectivity index (χ1v) is 6.99. The van der Waals surface area contributed by atoms with Gasteiger partial charge >= 0.3 is 0 Å². The van der Waals surface area contributed by atoms with Crippen LogP contribution in [-0.4, -0.2) is 24.3 Å². The van der Waals surface area contributed by atoms with E-state index in [1.54, 1.807) is 0 Å². The quantitative estimate of drug-likeness (QED) is 0.768. The molecule has 2 nitrogen and oxygen atoms in total. The molecule has 0 amide bonds. The molecule has 0 aliphatic heterocycles. The first-order valence-electron chi connectivity index (χ1n) is 6.62. The van der Waals surface area contributed by atoms with E-state index >= 15 is 0 Å². The van der Waals surface area contributed by atoms with Crippen LogP contribution >= 0.6 is 11.6 Å². The van der Waals surface area contributed by atoms with Crippen LogP contribution in [0.1, 0.15) is 28.9 Å². The minimum atomic E-state index is 0.133. The highest BCUT2D eigenvalue weighted by molar-refractivity contribution is 6.30. The second-order valence-electron chi connectivity index (χ2n) is 4.93. The van der Waals surface area contributed by atoms with Gasteiger partial charge < -0.3 is 0 Å². The summed E-state index contributed by atoms with van der Waals surface area (Å²) in [7, 11) is 1.96. The fourth-order valence-corrected chi connectivity index (χ4v) is 2.20. The Hall–Kier alpha value is -1.64. The van der Waals surface area contributed by atoms with E-state index in [-0.39, 0.29) is 11.8 Å². The van der Waals surface area contributed by atoms with Crippen molar-refractivity contribution in [3.63, 3.8) is 0 Å². The zero-order valence-corrected chi connectivity index (χ0v) is 12.5. The number of hydrogen-bond acceptors (Lipinski definition) is 2. The van der Waals surface area contributed by atoms with Crippen molar-refractivity contribution in [2.24, 2.45) is 0 Å². The third kappa shape index (κ3) is 3.69. The minimum absolute atomic E-state index is 0.133. The zero-order chi connectivity index (χ0) is 14.5. The Morgan fingerprint density at radius 1 is 1.10 bits per heavy atom. The number of ketones is 1.